The molecule has 62 heavy (non-hydrogen) atoms. The molecule has 0 radical (unpaired) electrons. The number of aliphatic hydroxyl groups is 1. The van der Waals surface area contributed by atoms with E-state index in [0.717, 1.165) is 51.4 Å². The molecule has 8 nitrogen and oxygen atoms in total. The highest BCUT2D eigenvalue weighted by atomic mass is 31.2. The first-order valence-electron chi connectivity index (χ1n) is 26.7. The van der Waals surface area contributed by atoms with Gasteiger partial charge in [0, 0.05) is 6.42 Å². The quantitative estimate of drug-likeness (QED) is 0.0273. The highest BCUT2D eigenvalue weighted by Gasteiger charge is 2.23. The van der Waals surface area contributed by atoms with Crippen LogP contribution in [-0.2, 0) is 18.4 Å². The summed E-state index contributed by atoms with van der Waals surface area (Å²) >= 11 is 0. The number of amides is 1. The average Bonchev–Trinajstić information content (AvgIpc) is 3.23. The van der Waals surface area contributed by atoms with Crippen molar-refractivity contribution in [2.45, 2.75) is 270 Å². The summed E-state index contributed by atoms with van der Waals surface area (Å²) in [4.78, 5) is 25.4. The number of hydrogen-bond acceptors (Lipinski definition) is 6. The average molecular weight is 897 g/mol. The standard InChI is InChI=1S/C53H105N2O6P/c1-6-8-10-12-14-16-18-20-21-22-23-24-25-26-27-28-29-30-31-32-33-35-36-38-40-42-44-46-52(56)51(50-61-62(58,59)60-49-48-55(3,4)5)54-53(57)47-45-43-41-39-37-34-19-17-15-13-11-9-7-2/h17,19,44,46,51-52,56H,6-16,18,20-43,45,47-50H2,1-5H3,(H-,54,57,58,59)/b19-17-,46-44+. The van der Waals surface area contributed by atoms with E-state index in [1.807, 2.05) is 27.2 Å². The molecule has 0 aliphatic carbocycles. The second kappa shape index (κ2) is 45.1. The molecular formula is C53H105N2O6P. The van der Waals surface area contributed by atoms with Gasteiger partial charge in [0.2, 0.25) is 5.91 Å². The maximum Gasteiger partial charge on any atom is 0.268 e. The van der Waals surface area contributed by atoms with Crippen molar-refractivity contribution >= 4 is 13.7 Å². The Bertz CT molecular complexity index is 1060. The smallest absolute Gasteiger partial charge is 0.268 e. The van der Waals surface area contributed by atoms with E-state index in [2.05, 4.69) is 31.3 Å². The highest BCUT2D eigenvalue weighted by molar-refractivity contribution is 7.45. The molecule has 0 fully saturated rings. The fraction of sp³-hybridized carbons (Fsp3) is 0.906. The van der Waals surface area contributed by atoms with Crippen LogP contribution >= 0.6 is 7.82 Å². The number of allylic oxidation sites excluding steroid dienone is 3. The molecule has 3 unspecified atom stereocenters. The molecular weight excluding hydrogens is 792 g/mol. The van der Waals surface area contributed by atoms with Gasteiger partial charge in [0.05, 0.1) is 39.9 Å². The molecule has 0 saturated carbocycles. The Morgan fingerprint density at radius 3 is 1.27 bits per heavy atom. The van der Waals surface area contributed by atoms with Gasteiger partial charge in [-0.2, -0.15) is 0 Å². The summed E-state index contributed by atoms with van der Waals surface area (Å²) in [5.41, 5.74) is 0. The van der Waals surface area contributed by atoms with Crippen molar-refractivity contribution in [2.75, 3.05) is 40.9 Å². The monoisotopic (exact) mass is 897 g/mol. The third-order valence-corrected chi connectivity index (χ3v) is 13.1. The number of nitrogens with zero attached hydrogens (tertiary/aromatic N) is 1. The molecule has 0 aromatic rings. The van der Waals surface area contributed by atoms with Crippen molar-refractivity contribution in [2.24, 2.45) is 0 Å². The Kier molecular flexibility index (Phi) is 44.4. The number of hydrogen-bond donors (Lipinski definition) is 2. The second-order valence-electron chi connectivity index (χ2n) is 19.6. The molecule has 0 aromatic carbocycles. The van der Waals surface area contributed by atoms with Crippen LogP contribution in [0.1, 0.15) is 258 Å². The van der Waals surface area contributed by atoms with Crippen LogP contribution in [0.3, 0.4) is 0 Å². The van der Waals surface area contributed by atoms with Crippen LogP contribution < -0.4 is 10.2 Å². The Morgan fingerprint density at radius 2 is 0.887 bits per heavy atom. The van der Waals surface area contributed by atoms with Gasteiger partial charge in [-0.3, -0.25) is 9.36 Å². The molecule has 3 atom stereocenters. The van der Waals surface area contributed by atoms with Crippen molar-refractivity contribution in [1.82, 2.24) is 5.32 Å². The lowest BCUT2D eigenvalue weighted by atomic mass is 10.0. The van der Waals surface area contributed by atoms with Gasteiger partial charge in [-0.05, 0) is 44.9 Å². The van der Waals surface area contributed by atoms with Gasteiger partial charge >= 0.3 is 0 Å². The number of unbranched alkanes of at least 4 members (excludes halogenated alkanes) is 34. The number of rotatable bonds is 49. The van der Waals surface area contributed by atoms with Gasteiger partial charge in [-0.1, -0.05) is 231 Å². The van der Waals surface area contributed by atoms with Crippen LogP contribution in [0, 0.1) is 0 Å². The molecule has 9 heteroatoms. The van der Waals surface area contributed by atoms with Gasteiger partial charge in [0.25, 0.3) is 7.82 Å². The van der Waals surface area contributed by atoms with E-state index in [0.29, 0.717) is 17.4 Å². The summed E-state index contributed by atoms with van der Waals surface area (Å²) in [5, 5.41) is 13.8. The number of likely N-dealkylation sites (N-methyl/N-ethyl adjacent to an activating group) is 1. The molecule has 2 N–H and O–H groups in total. The Balaban J connectivity index is 4.16. The molecule has 0 bridgehead atoms. The predicted octanol–water partition coefficient (Wildman–Crippen LogP) is 15.0. The zero-order chi connectivity index (χ0) is 45.7. The van der Waals surface area contributed by atoms with Crippen molar-refractivity contribution in [3.05, 3.63) is 24.3 Å². The van der Waals surface area contributed by atoms with Gasteiger partial charge in [0.1, 0.15) is 13.2 Å². The minimum Gasteiger partial charge on any atom is -0.756 e. The van der Waals surface area contributed by atoms with E-state index in [1.54, 1.807) is 6.08 Å². The van der Waals surface area contributed by atoms with E-state index in [9.17, 15) is 19.4 Å². The number of phosphoric acid groups is 1. The van der Waals surface area contributed by atoms with Gasteiger partial charge in [0.15, 0.2) is 0 Å². The van der Waals surface area contributed by atoms with Crippen LogP contribution in [0.2, 0.25) is 0 Å². The molecule has 0 aromatic heterocycles. The highest BCUT2D eigenvalue weighted by Crippen LogP contribution is 2.38. The van der Waals surface area contributed by atoms with Gasteiger partial charge in [-0.15, -0.1) is 0 Å². The summed E-state index contributed by atoms with van der Waals surface area (Å²) in [6, 6.07) is -0.888. The maximum atomic E-state index is 12.9. The normalized spacial score (nSPS) is 14.2. The molecule has 0 aliphatic rings. The van der Waals surface area contributed by atoms with Crippen molar-refractivity contribution in [3.8, 4) is 0 Å². The minimum atomic E-state index is -4.59. The predicted molar refractivity (Wildman–Crippen MR) is 265 cm³/mol. The summed E-state index contributed by atoms with van der Waals surface area (Å²) in [7, 11) is 1.26. The maximum absolute atomic E-state index is 12.9. The zero-order valence-corrected chi connectivity index (χ0v) is 42.7. The van der Waals surface area contributed by atoms with Crippen molar-refractivity contribution < 1.29 is 32.9 Å². The molecule has 368 valence electrons. The molecule has 0 heterocycles. The fourth-order valence-corrected chi connectivity index (χ4v) is 8.64. The van der Waals surface area contributed by atoms with E-state index in [4.69, 9.17) is 9.05 Å². The van der Waals surface area contributed by atoms with Crippen LogP contribution in [0.15, 0.2) is 24.3 Å². The summed E-state index contributed by atoms with van der Waals surface area (Å²) < 4.78 is 23.3. The number of aliphatic hydroxyl groups excluding tert-OH is 1. The number of carbonyl (C=O) groups is 1. The van der Waals surface area contributed by atoms with Crippen LogP contribution in [0.4, 0.5) is 0 Å². The number of nitrogens with one attached hydrogen (secondary N) is 1. The Labute approximate surface area is 385 Å². The molecule has 0 spiro atoms. The second-order valence-corrected chi connectivity index (χ2v) is 21.0. The summed E-state index contributed by atoms with van der Waals surface area (Å²) in [6.45, 7) is 4.65. The fourth-order valence-electron chi connectivity index (χ4n) is 7.91. The minimum absolute atomic E-state index is 0.00128. The first kappa shape index (κ1) is 61.0. The largest absolute Gasteiger partial charge is 0.756 e. The Hall–Kier alpha value is -1.02. The molecule has 0 rings (SSSR count). The first-order chi connectivity index (χ1) is 30.0. The lowest BCUT2D eigenvalue weighted by molar-refractivity contribution is -0.870. The van der Waals surface area contributed by atoms with Gasteiger partial charge in [-0.25, -0.2) is 0 Å². The van der Waals surface area contributed by atoms with Crippen LogP contribution in [0.5, 0.6) is 0 Å². The van der Waals surface area contributed by atoms with E-state index in [1.165, 1.54) is 186 Å². The van der Waals surface area contributed by atoms with Gasteiger partial charge < -0.3 is 28.8 Å². The summed E-state index contributed by atoms with van der Waals surface area (Å²) in [5.74, 6) is -0.205. The van der Waals surface area contributed by atoms with E-state index < -0.39 is 20.0 Å². The molecule has 0 saturated heterocycles. The zero-order valence-electron chi connectivity index (χ0n) is 41.8. The number of carbonyl (C=O) groups excluding carboxylic acids is 1. The topological polar surface area (TPSA) is 108 Å². The van der Waals surface area contributed by atoms with Crippen molar-refractivity contribution in [3.63, 3.8) is 0 Å². The lowest BCUT2D eigenvalue weighted by Crippen LogP contribution is -2.45. The van der Waals surface area contributed by atoms with Crippen LogP contribution in [-0.4, -0.2) is 68.5 Å². The van der Waals surface area contributed by atoms with Crippen molar-refractivity contribution in [1.29, 1.82) is 0 Å². The third-order valence-electron chi connectivity index (χ3n) is 12.2. The van der Waals surface area contributed by atoms with Crippen LogP contribution in [0.25, 0.3) is 0 Å². The van der Waals surface area contributed by atoms with E-state index >= 15 is 0 Å². The first-order valence-corrected chi connectivity index (χ1v) is 28.2. The third kappa shape index (κ3) is 47.0. The number of phosphoric ester groups is 1. The summed E-state index contributed by atoms with van der Waals surface area (Å²) in [6.07, 6.45) is 55.4. The Morgan fingerprint density at radius 1 is 0.548 bits per heavy atom. The lowest BCUT2D eigenvalue weighted by Gasteiger charge is -2.29. The number of quaternary nitrogens is 1. The van der Waals surface area contributed by atoms with E-state index in [-0.39, 0.29) is 19.1 Å². The SMILES string of the molecule is CCCCCC/C=C\CCCCCCCC(=O)NC(COP(=O)([O-])OCC[N+](C)(C)C)C(O)/C=C/CCCCCCCCCCCCCCCCCCCCCCCCCCC. The molecule has 1 amide bonds. The molecule has 0 aliphatic heterocycles.